The van der Waals surface area contributed by atoms with E-state index in [0.717, 1.165) is 13.1 Å². The molecule has 7 heteroatoms. The first-order valence-corrected chi connectivity index (χ1v) is 5.36. The molecule has 0 saturated heterocycles. The van der Waals surface area contributed by atoms with E-state index in [1.165, 1.54) is 0 Å². The molecule has 16 heavy (non-hydrogen) atoms. The van der Waals surface area contributed by atoms with Gasteiger partial charge < -0.3 is 15.1 Å². The molecule has 0 saturated carbocycles. The monoisotopic (exact) mass is 244 g/mol. The average molecular weight is 245 g/mol. The molecule has 1 aromatic rings. The number of anilines is 2. The molecule has 0 radical (unpaired) electrons. The van der Waals surface area contributed by atoms with Gasteiger partial charge in [-0.25, -0.2) is 0 Å². The van der Waals surface area contributed by atoms with Crippen LogP contribution in [0, 0.1) is 0 Å². The Bertz CT molecular complexity index is 343. The summed E-state index contributed by atoms with van der Waals surface area (Å²) in [5.41, 5.74) is 0. The van der Waals surface area contributed by atoms with Gasteiger partial charge in [0.05, 0.1) is 0 Å². The molecule has 90 valence electrons. The highest BCUT2D eigenvalue weighted by molar-refractivity contribution is 6.28. The molecular weight excluding hydrogens is 228 g/mol. The average Bonchev–Trinajstić information content (AvgIpc) is 2.24. The molecule has 1 rings (SSSR count). The number of halogens is 1. The van der Waals surface area contributed by atoms with Gasteiger partial charge in [-0.05, 0) is 25.7 Å². The molecule has 0 atom stereocenters. The van der Waals surface area contributed by atoms with Crippen LogP contribution in [0.1, 0.15) is 0 Å². The quantitative estimate of drug-likeness (QED) is 0.817. The van der Waals surface area contributed by atoms with Gasteiger partial charge in [0.15, 0.2) is 0 Å². The van der Waals surface area contributed by atoms with Crippen LogP contribution in [0.25, 0.3) is 0 Å². The van der Waals surface area contributed by atoms with Crippen molar-refractivity contribution in [2.24, 2.45) is 0 Å². The lowest BCUT2D eigenvalue weighted by Crippen LogP contribution is -2.29. The van der Waals surface area contributed by atoms with Crippen molar-refractivity contribution < 1.29 is 0 Å². The van der Waals surface area contributed by atoms with Crippen LogP contribution in [-0.4, -0.2) is 61.1 Å². The highest BCUT2D eigenvalue weighted by Crippen LogP contribution is 2.11. The van der Waals surface area contributed by atoms with Gasteiger partial charge in [-0.1, -0.05) is 0 Å². The van der Waals surface area contributed by atoms with Crippen molar-refractivity contribution in [3.8, 4) is 0 Å². The van der Waals surface area contributed by atoms with E-state index in [0.29, 0.717) is 11.9 Å². The molecule has 1 aromatic heterocycles. The Labute approximate surface area is 101 Å². The fourth-order valence-electron chi connectivity index (χ4n) is 1.07. The highest BCUT2D eigenvalue weighted by atomic mass is 35.5. The first-order chi connectivity index (χ1) is 7.52. The van der Waals surface area contributed by atoms with Gasteiger partial charge in [-0.15, -0.1) is 0 Å². The summed E-state index contributed by atoms with van der Waals surface area (Å²) < 4.78 is 0. The minimum Gasteiger partial charge on any atom is -0.357 e. The van der Waals surface area contributed by atoms with Crippen LogP contribution in [-0.2, 0) is 0 Å². The normalized spacial score (nSPS) is 10.6. The molecule has 0 aliphatic rings. The fraction of sp³-hybridized carbons (Fsp3) is 0.667. The third kappa shape index (κ3) is 3.79. The van der Waals surface area contributed by atoms with Crippen molar-refractivity contribution in [2.75, 3.05) is 51.5 Å². The maximum absolute atomic E-state index is 5.80. The van der Waals surface area contributed by atoms with Crippen molar-refractivity contribution >= 4 is 23.5 Å². The van der Waals surface area contributed by atoms with Crippen molar-refractivity contribution in [2.45, 2.75) is 0 Å². The van der Waals surface area contributed by atoms with E-state index in [-0.39, 0.29) is 5.28 Å². The summed E-state index contributed by atoms with van der Waals surface area (Å²) >= 11 is 5.80. The number of likely N-dealkylation sites (N-methyl/N-ethyl adjacent to an activating group) is 2. The minimum atomic E-state index is 0.200. The van der Waals surface area contributed by atoms with Gasteiger partial charge in [-0.2, -0.15) is 15.0 Å². The van der Waals surface area contributed by atoms with E-state index in [1.54, 1.807) is 7.05 Å². The minimum absolute atomic E-state index is 0.200. The Kier molecular flexibility index (Phi) is 4.70. The summed E-state index contributed by atoms with van der Waals surface area (Å²) in [6, 6.07) is 0. The highest BCUT2D eigenvalue weighted by Gasteiger charge is 2.08. The van der Waals surface area contributed by atoms with E-state index in [2.05, 4.69) is 25.2 Å². The maximum atomic E-state index is 5.80. The number of aromatic nitrogens is 3. The largest absolute Gasteiger partial charge is 0.357 e. The summed E-state index contributed by atoms with van der Waals surface area (Å²) in [7, 11) is 7.71. The van der Waals surface area contributed by atoms with Gasteiger partial charge in [0, 0.05) is 27.2 Å². The van der Waals surface area contributed by atoms with Gasteiger partial charge >= 0.3 is 0 Å². The van der Waals surface area contributed by atoms with Crippen molar-refractivity contribution in [3.05, 3.63) is 5.28 Å². The Morgan fingerprint density at radius 3 is 2.38 bits per heavy atom. The standard InChI is InChI=1S/C9H17ClN6/c1-11-8-12-7(10)13-9(14-8)16(4)6-5-15(2)3/h5-6H2,1-4H3,(H,11,12,13,14). The fourth-order valence-corrected chi connectivity index (χ4v) is 1.23. The van der Waals surface area contributed by atoms with Crippen molar-refractivity contribution in [3.63, 3.8) is 0 Å². The van der Waals surface area contributed by atoms with E-state index in [4.69, 9.17) is 11.6 Å². The Morgan fingerprint density at radius 1 is 1.12 bits per heavy atom. The Balaban J connectivity index is 2.74. The van der Waals surface area contributed by atoms with Crippen LogP contribution in [0.2, 0.25) is 5.28 Å². The molecule has 0 amide bonds. The van der Waals surface area contributed by atoms with Crippen molar-refractivity contribution in [1.82, 2.24) is 19.9 Å². The molecule has 0 aliphatic heterocycles. The second-order valence-electron chi connectivity index (χ2n) is 3.70. The molecule has 0 bridgehead atoms. The van der Waals surface area contributed by atoms with Gasteiger partial charge in [-0.3, -0.25) is 0 Å². The summed E-state index contributed by atoms with van der Waals surface area (Å²) in [6.45, 7) is 1.76. The first kappa shape index (κ1) is 12.9. The molecule has 6 nitrogen and oxygen atoms in total. The van der Waals surface area contributed by atoms with E-state index in [9.17, 15) is 0 Å². The summed E-state index contributed by atoms with van der Waals surface area (Å²) in [6.07, 6.45) is 0. The lowest BCUT2D eigenvalue weighted by atomic mass is 10.5. The maximum Gasteiger partial charge on any atom is 0.231 e. The first-order valence-electron chi connectivity index (χ1n) is 4.98. The van der Waals surface area contributed by atoms with Crippen LogP contribution >= 0.6 is 11.6 Å². The summed E-state index contributed by atoms with van der Waals surface area (Å²) in [4.78, 5) is 16.2. The van der Waals surface area contributed by atoms with Crippen molar-refractivity contribution in [1.29, 1.82) is 0 Å². The van der Waals surface area contributed by atoms with Gasteiger partial charge in [0.2, 0.25) is 17.2 Å². The molecular formula is C9H17ClN6. The molecule has 0 fully saturated rings. The van der Waals surface area contributed by atoms with Gasteiger partial charge in [0.25, 0.3) is 0 Å². The number of rotatable bonds is 5. The Morgan fingerprint density at radius 2 is 1.81 bits per heavy atom. The molecule has 0 aliphatic carbocycles. The zero-order valence-electron chi connectivity index (χ0n) is 10.0. The lowest BCUT2D eigenvalue weighted by molar-refractivity contribution is 0.415. The zero-order valence-corrected chi connectivity index (χ0v) is 10.8. The van der Waals surface area contributed by atoms with Crippen LogP contribution < -0.4 is 10.2 Å². The van der Waals surface area contributed by atoms with E-state index in [1.807, 2.05) is 26.0 Å². The second-order valence-corrected chi connectivity index (χ2v) is 4.04. The Hall–Kier alpha value is -1.14. The van der Waals surface area contributed by atoms with E-state index >= 15 is 0 Å². The third-order valence-electron chi connectivity index (χ3n) is 2.04. The predicted molar refractivity (Wildman–Crippen MR) is 66.2 cm³/mol. The molecule has 1 heterocycles. The molecule has 1 N–H and O–H groups in total. The van der Waals surface area contributed by atoms with Crippen LogP contribution in [0.3, 0.4) is 0 Å². The molecule has 0 aromatic carbocycles. The van der Waals surface area contributed by atoms with E-state index < -0.39 is 0 Å². The van der Waals surface area contributed by atoms with Crippen LogP contribution in [0.15, 0.2) is 0 Å². The topological polar surface area (TPSA) is 57.2 Å². The molecule has 0 spiro atoms. The van der Waals surface area contributed by atoms with Crippen LogP contribution in [0.4, 0.5) is 11.9 Å². The van der Waals surface area contributed by atoms with Gasteiger partial charge in [0.1, 0.15) is 0 Å². The summed E-state index contributed by atoms with van der Waals surface area (Å²) in [5, 5.41) is 3.04. The van der Waals surface area contributed by atoms with Crippen LogP contribution in [0.5, 0.6) is 0 Å². The predicted octanol–water partition coefficient (Wildman–Crippen LogP) is 0.564. The lowest BCUT2D eigenvalue weighted by Gasteiger charge is -2.19. The number of hydrogen-bond acceptors (Lipinski definition) is 6. The third-order valence-corrected chi connectivity index (χ3v) is 2.21. The number of nitrogens with one attached hydrogen (secondary N) is 1. The summed E-state index contributed by atoms with van der Waals surface area (Å²) in [5.74, 6) is 1.05. The second kappa shape index (κ2) is 5.81. The number of nitrogens with zero attached hydrogens (tertiary/aromatic N) is 5. The number of hydrogen-bond donors (Lipinski definition) is 1. The molecule has 0 unspecified atom stereocenters. The zero-order chi connectivity index (χ0) is 12.1. The smallest absolute Gasteiger partial charge is 0.231 e. The SMILES string of the molecule is CNc1nc(Cl)nc(N(C)CCN(C)C)n1.